The number of pyridine rings is 1. The van der Waals surface area contributed by atoms with Gasteiger partial charge in [-0.1, -0.05) is 11.6 Å². The number of nitrogens with zero attached hydrogens (tertiary/aromatic N) is 2. The first-order valence-corrected chi connectivity index (χ1v) is 8.93. The van der Waals surface area contributed by atoms with Crippen molar-refractivity contribution in [1.29, 1.82) is 0 Å². The summed E-state index contributed by atoms with van der Waals surface area (Å²) in [5.41, 5.74) is 0.663. The number of anilines is 2. The van der Waals surface area contributed by atoms with E-state index in [1.807, 2.05) is 6.92 Å². The van der Waals surface area contributed by atoms with E-state index in [-0.39, 0.29) is 17.5 Å². The van der Waals surface area contributed by atoms with Crippen LogP contribution in [0.4, 0.5) is 24.7 Å². The highest BCUT2D eigenvalue weighted by Gasteiger charge is 2.31. The number of alkyl halides is 3. The quantitative estimate of drug-likeness (QED) is 0.629. The number of rotatable bonds is 5. The molecule has 0 saturated heterocycles. The third-order valence-corrected chi connectivity index (χ3v) is 4.54. The van der Waals surface area contributed by atoms with Gasteiger partial charge in [-0.3, -0.25) is 4.79 Å². The number of carbonyl (C=O) groups excluding carboxylic acids is 1. The Hall–Kier alpha value is -2.74. The van der Waals surface area contributed by atoms with Crippen molar-refractivity contribution >= 4 is 39.9 Å². The smallest absolute Gasteiger partial charge is 0.355 e. The predicted octanol–water partition coefficient (Wildman–Crippen LogP) is 4.90. The first kappa shape index (κ1) is 20.0. The molecule has 2 heterocycles. The van der Waals surface area contributed by atoms with Crippen LogP contribution in [-0.4, -0.2) is 22.0 Å². The maximum atomic E-state index is 12.9. The van der Waals surface area contributed by atoms with Crippen molar-refractivity contribution in [3.8, 4) is 0 Å². The first-order valence-electron chi connectivity index (χ1n) is 8.55. The summed E-state index contributed by atoms with van der Waals surface area (Å²) in [6, 6.07) is 5.48. The van der Waals surface area contributed by atoms with Crippen LogP contribution in [-0.2, 0) is 17.5 Å². The molecule has 3 rings (SSSR count). The van der Waals surface area contributed by atoms with Crippen LogP contribution >= 0.6 is 11.6 Å². The number of nitrogens with one attached hydrogen (secondary N) is 2. The van der Waals surface area contributed by atoms with Crippen molar-refractivity contribution in [2.45, 2.75) is 26.6 Å². The highest BCUT2D eigenvalue weighted by atomic mass is 35.5. The predicted molar refractivity (Wildman–Crippen MR) is 103 cm³/mol. The minimum absolute atomic E-state index is 0.0483. The van der Waals surface area contributed by atoms with Gasteiger partial charge in [0.1, 0.15) is 12.4 Å². The zero-order valence-corrected chi connectivity index (χ0v) is 15.9. The molecule has 0 aliphatic rings. The number of halogens is 4. The van der Waals surface area contributed by atoms with Gasteiger partial charge < -0.3 is 15.2 Å². The number of aromatic nitrogens is 2. The number of hydrogen-bond acceptors (Lipinski definition) is 3. The average Bonchev–Trinajstić information content (AvgIpc) is 3.01. The second-order valence-electron chi connectivity index (χ2n) is 6.26. The zero-order chi connectivity index (χ0) is 20.5. The normalized spacial score (nSPS) is 11.6. The lowest BCUT2D eigenvalue weighted by atomic mass is 10.1. The monoisotopic (exact) mass is 410 g/mol. The Morgan fingerprint density at radius 2 is 2.04 bits per heavy atom. The molecule has 2 N–H and O–H groups in total. The third kappa shape index (κ3) is 4.06. The topological polar surface area (TPSA) is 59.0 Å². The number of amides is 1. The van der Waals surface area contributed by atoms with Crippen molar-refractivity contribution in [2.75, 3.05) is 11.9 Å². The number of carbonyl (C=O) groups is 1. The fourth-order valence-corrected chi connectivity index (χ4v) is 3.27. The fraction of sp³-hybridized carbons (Fsp3) is 0.263. The molecule has 148 valence electrons. The van der Waals surface area contributed by atoms with Crippen LogP contribution in [0, 0.1) is 6.92 Å². The van der Waals surface area contributed by atoms with Gasteiger partial charge in [0.2, 0.25) is 5.91 Å². The molecule has 3 aromatic rings. The SMILES string of the molecule is CCNC(=O)Cn1ccc2c(Nc3c(C)cc(C(F)(F)F)cc3Cl)nccc21. The second kappa shape index (κ2) is 7.71. The Bertz CT molecular complexity index is 1010. The van der Waals surface area contributed by atoms with E-state index >= 15 is 0 Å². The van der Waals surface area contributed by atoms with E-state index in [0.29, 0.717) is 23.6 Å². The fourth-order valence-electron chi connectivity index (χ4n) is 2.95. The summed E-state index contributed by atoms with van der Waals surface area (Å²) in [4.78, 5) is 16.1. The summed E-state index contributed by atoms with van der Waals surface area (Å²) in [5, 5.41) is 6.44. The summed E-state index contributed by atoms with van der Waals surface area (Å²) in [5.74, 6) is 0.324. The first-order chi connectivity index (χ1) is 13.2. The number of likely N-dealkylation sites (N-methyl/N-ethyl adjacent to an activating group) is 1. The Morgan fingerprint density at radius 1 is 1.29 bits per heavy atom. The molecule has 9 heteroatoms. The van der Waals surface area contributed by atoms with Crippen LogP contribution in [0.2, 0.25) is 5.02 Å². The standard InChI is InChI=1S/C19H18ClF3N4O/c1-3-24-16(28)10-27-7-5-13-15(27)4-6-25-18(13)26-17-11(2)8-12(9-14(17)20)19(21,22)23/h4-9H,3,10H2,1-2H3,(H,24,28)(H,25,26). The lowest BCUT2D eigenvalue weighted by molar-refractivity contribution is -0.137. The summed E-state index contributed by atoms with van der Waals surface area (Å²) < 4.78 is 40.6. The van der Waals surface area contributed by atoms with Crippen molar-refractivity contribution in [2.24, 2.45) is 0 Å². The van der Waals surface area contributed by atoms with Gasteiger partial charge in [0.25, 0.3) is 0 Å². The van der Waals surface area contributed by atoms with E-state index in [9.17, 15) is 18.0 Å². The third-order valence-electron chi connectivity index (χ3n) is 4.24. The molecule has 5 nitrogen and oxygen atoms in total. The van der Waals surface area contributed by atoms with Crippen LogP contribution in [0.5, 0.6) is 0 Å². The Balaban J connectivity index is 1.96. The van der Waals surface area contributed by atoms with E-state index in [1.54, 1.807) is 36.0 Å². The maximum Gasteiger partial charge on any atom is 0.416 e. The molecule has 0 spiro atoms. The minimum atomic E-state index is -4.47. The van der Waals surface area contributed by atoms with Crippen molar-refractivity contribution in [3.05, 3.63) is 52.8 Å². The molecular formula is C19H18ClF3N4O. The molecule has 1 amide bonds. The molecular weight excluding hydrogens is 393 g/mol. The van der Waals surface area contributed by atoms with E-state index in [0.717, 1.165) is 23.0 Å². The lowest BCUT2D eigenvalue weighted by Gasteiger charge is -2.15. The Morgan fingerprint density at radius 3 is 2.68 bits per heavy atom. The van der Waals surface area contributed by atoms with E-state index < -0.39 is 11.7 Å². The van der Waals surface area contributed by atoms with Crippen molar-refractivity contribution in [1.82, 2.24) is 14.9 Å². The van der Waals surface area contributed by atoms with Gasteiger partial charge in [-0.05, 0) is 43.7 Å². The highest BCUT2D eigenvalue weighted by Crippen LogP contribution is 2.37. The van der Waals surface area contributed by atoms with Crippen LogP contribution in [0.1, 0.15) is 18.1 Å². The Kier molecular flexibility index (Phi) is 5.51. The van der Waals surface area contributed by atoms with Gasteiger partial charge in [-0.15, -0.1) is 0 Å². The molecule has 0 radical (unpaired) electrons. The number of aryl methyl sites for hydroxylation is 1. The van der Waals surface area contributed by atoms with Gasteiger partial charge in [0, 0.05) is 24.3 Å². The molecule has 0 atom stereocenters. The number of benzene rings is 1. The summed E-state index contributed by atoms with van der Waals surface area (Å²) >= 11 is 6.10. The summed E-state index contributed by atoms with van der Waals surface area (Å²) in [6.45, 7) is 4.08. The van der Waals surface area contributed by atoms with Crippen molar-refractivity contribution < 1.29 is 18.0 Å². The molecule has 0 unspecified atom stereocenters. The zero-order valence-electron chi connectivity index (χ0n) is 15.2. The van der Waals surface area contributed by atoms with Gasteiger partial charge in [0.15, 0.2) is 0 Å². The van der Waals surface area contributed by atoms with E-state index in [1.165, 1.54) is 0 Å². The summed E-state index contributed by atoms with van der Waals surface area (Å²) in [6.07, 6.45) is -1.15. The summed E-state index contributed by atoms with van der Waals surface area (Å²) in [7, 11) is 0. The van der Waals surface area contributed by atoms with Crippen LogP contribution in [0.25, 0.3) is 10.9 Å². The molecule has 2 aromatic heterocycles. The van der Waals surface area contributed by atoms with Gasteiger partial charge in [-0.25, -0.2) is 4.98 Å². The van der Waals surface area contributed by atoms with Crippen LogP contribution in [0.3, 0.4) is 0 Å². The van der Waals surface area contributed by atoms with Crippen molar-refractivity contribution in [3.63, 3.8) is 0 Å². The maximum absolute atomic E-state index is 12.9. The molecule has 0 fully saturated rings. The molecule has 0 saturated carbocycles. The number of fused-ring (bicyclic) bond motifs is 1. The average molecular weight is 411 g/mol. The van der Waals surface area contributed by atoms with E-state index in [4.69, 9.17) is 11.6 Å². The molecule has 1 aromatic carbocycles. The van der Waals surface area contributed by atoms with Gasteiger partial charge >= 0.3 is 6.18 Å². The largest absolute Gasteiger partial charge is 0.416 e. The molecule has 0 aliphatic heterocycles. The highest BCUT2D eigenvalue weighted by molar-refractivity contribution is 6.33. The van der Waals surface area contributed by atoms with Gasteiger partial charge in [-0.2, -0.15) is 13.2 Å². The van der Waals surface area contributed by atoms with Crippen LogP contribution in [0.15, 0.2) is 36.7 Å². The molecule has 0 bridgehead atoms. The second-order valence-corrected chi connectivity index (χ2v) is 6.67. The van der Waals surface area contributed by atoms with E-state index in [2.05, 4.69) is 15.6 Å². The minimum Gasteiger partial charge on any atom is -0.355 e. The Labute approximate surface area is 164 Å². The molecule has 28 heavy (non-hydrogen) atoms. The van der Waals surface area contributed by atoms with Crippen LogP contribution < -0.4 is 10.6 Å². The number of hydrogen-bond donors (Lipinski definition) is 2. The molecule has 0 aliphatic carbocycles. The lowest BCUT2D eigenvalue weighted by Crippen LogP contribution is -2.26. The van der Waals surface area contributed by atoms with Gasteiger partial charge in [0.05, 0.1) is 21.8 Å².